The summed E-state index contributed by atoms with van der Waals surface area (Å²) < 4.78 is 5.29. The van der Waals surface area contributed by atoms with E-state index in [0.717, 1.165) is 25.1 Å². The number of methoxy groups -OCH3 is 1. The Bertz CT molecular complexity index is 981. The molecule has 2 heterocycles. The van der Waals surface area contributed by atoms with E-state index in [1.54, 1.807) is 29.0 Å². The third-order valence-electron chi connectivity index (χ3n) is 6.27. The van der Waals surface area contributed by atoms with Gasteiger partial charge in [-0.3, -0.25) is 14.4 Å². The fourth-order valence-electron chi connectivity index (χ4n) is 4.37. The number of piperidine rings is 2. The molecule has 0 bridgehead atoms. The smallest absolute Gasteiger partial charge is 0.253 e. The van der Waals surface area contributed by atoms with Gasteiger partial charge in [-0.05, 0) is 62.1 Å². The average molecular weight is 436 g/mol. The standard InChI is InChI=1S/C25H29N3O4/c1-32-22-7-3-2-6-21(22)26-24(30)18-13-16-27(17-14-18)25(31)19-9-11-20(12-10-19)28-15-5-4-8-23(28)29/h2-3,6-7,9-12,18H,4-5,8,13-17H2,1H3,(H,26,30). The fourth-order valence-corrected chi connectivity index (χ4v) is 4.37. The maximum atomic E-state index is 12.9. The normalized spacial score (nSPS) is 17.2. The van der Waals surface area contributed by atoms with E-state index in [0.29, 0.717) is 49.4 Å². The Labute approximate surface area is 188 Å². The van der Waals surface area contributed by atoms with Gasteiger partial charge in [-0.15, -0.1) is 0 Å². The molecule has 2 saturated heterocycles. The monoisotopic (exact) mass is 435 g/mol. The number of carbonyl (C=O) groups is 3. The molecule has 2 fully saturated rings. The summed E-state index contributed by atoms with van der Waals surface area (Å²) >= 11 is 0. The van der Waals surface area contributed by atoms with E-state index in [4.69, 9.17) is 4.74 Å². The van der Waals surface area contributed by atoms with Gasteiger partial charge in [-0.2, -0.15) is 0 Å². The van der Waals surface area contributed by atoms with Gasteiger partial charge < -0.3 is 19.9 Å². The summed E-state index contributed by atoms with van der Waals surface area (Å²) in [5, 5.41) is 2.95. The molecule has 168 valence electrons. The summed E-state index contributed by atoms with van der Waals surface area (Å²) in [6, 6.07) is 14.6. The predicted octanol–water partition coefficient (Wildman–Crippen LogP) is 3.70. The van der Waals surface area contributed by atoms with E-state index in [-0.39, 0.29) is 23.6 Å². The zero-order valence-electron chi connectivity index (χ0n) is 18.4. The highest BCUT2D eigenvalue weighted by Crippen LogP contribution is 2.27. The van der Waals surface area contributed by atoms with Crippen molar-refractivity contribution >= 4 is 29.1 Å². The lowest BCUT2D eigenvalue weighted by molar-refractivity contribution is -0.121. The van der Waals surface area contributed by atoms with Crippen LogP contribution in [0.3, 0.4) is 0 Å². The van der Waals surface area contributed by atoms with E-state index in [9.17, 15) is 14.4 Å². The van der Waals surface area contributed by atoms with Crippen LogP contribution in [-0.2, 0) is 9.59 Å². The highest BCUT2D eigenvalue weighted by molar-refractivity contribution is 5.97. The number of hydrogen-bond acceptors (Lipinski definition) is 4. The van der Waals surface area contributed by atoms with Gasteiger partial charge in [0.2, 0.25) is 11.8 Å². The summed E-state index contributed by atoms with van der Waals surface area (Å²) in [5.74, 6) is 0.547. The Hall–Kier alpha value is -3.35. The fraction of sp³-hybridized carbons (Fsp3) is 0.400. The highest BCUT2D eigenvalue weighted by Gasteiger charge is 2.28. The molecule has 1 N–H and O–H groups in total. The first kappa shape index (κ1) is 21.9. The molecule has 0 spiro atoms. The van der Waals surface area contributed by atoms with Crippen molar-refractivity contribution in [1.29, 1.82) is 0 Å². The van der Waals surface area contributed by atoms with Gasteiger partial charge in [0.25, 0.3) is 5.91 Å². The van der Waals surface area contributed by atoms with Gasteiger partial charge >= 0.3 is 0 Å². The second kappa shape index (κ2) is 9.85. The first-order chi connectivity index (χ1) is 15.6. The molecule has 0 saturated carbocycles. The van der Waals surface area contributed by atoms with E-state index in [1.807, 2.05) is 36.4 Å². The number of carbonyl (C=O) groups excluding carboxylic acids is 3. The number of para-hydroxylation sites is 2. The number of nitrogens with one attached hydrogen (secondary N) is 1. The molecule has 0 unspecified atom stereocenters. The van der Waals surface area contributed by atoms with Gasteiger partial charge in [0.05, 0.1) is 12.8 Å². The molecule has 3 amide bonds. The largest absolute Gasteiger partial charge is 0.495 e. The number of anilines is 2. The summed E-state index contributed by atoms with van der Waals surface area (Å²) in [4.78, 5) is 41.3. The zero-order chi connectivity index (χ0) is 22.5. The van der Waals surface area contributed by atoms with Crippen LogP contribution in [0.4, 0.5) is 11.4 Å². The lowest BCUT2D eigenvalue weighted by Gasteiger charge is -2.31. The molecule has 7 nitrogen and oxygen atoms in total. The van der Waals surface area contributed by atoms with Crippen LogP contribution in [0.25, 0.3) is 0 Å². The average Bonchev–Trinajstić information content (AvgIpc) is 2.84. The molecule has 0 atom stereocenters. The minimum Gasteiger partial charge on any atom is -0.495 e. The third kappa shape index (κ3) is 4.77. The van der Waals surface area contributed by atoms with Gasteiger partial charge in [0.15, 0.2) is 0 Å². The van der Waals surface area contributed by atoms with Crippen molar-refractivity contribution in [3.05, 3.63) is 54.1 Å². The summed E-state index contributed by atoms with van der Waals surface area (Å²) in [7, 11) is 1.58. The molecule has 32 heavy (non-hydrogen) atoms. The Balaban J connectivity index is 1.32. The second-order valence-electron chi connectivity index (χ2n) is 8.31. The van der Waals surface area contributed by atoms with Crippen molar-refractivity contribution < 1.29 is 19.1 Å². The minimum absolute atomic E-state index is 0.0369. The lowest BCUT2D eigenvalue weighted by atomic mass is 9.95. The third-order valence-corrected chi connectivity index (χ3v) is 6.27. The van der Waals surface area contributed by atoms with Crippen LogP contribution >= 0.6 is 0 Å². The molecule has 0 aromatic heterocycles. The number of rotatable bonds is 5. The van der Waals surface area contributed by atoms with Crippen LogP contribution in [0.2, 0.25) is 0 Å². The first-order valence-electron chi connectivity index (χ1n) is 11.2. The molecule has 2 aromatic carbocycles. The van der Waals surface area contributed by atoms with Gasteiger partial charge in [-0.25, -0.2) is 0 Å². The Morgan fingerprint density at radius 1 is 0.969 bits per heavy atom. The quantitative estimate of drug-likeness (QED) is 0.777. The van der Waals surface area contributed by atoms with Crippen LogP contribution in [0.1, 0.15) is 42.5 Å². The summed E-state index contributed by atoms with van der Waals surface area (Å²) in [6.45, 7) is 1.81. The minimum atomic E-state index is -0.142. The van der Waals surface area contributed by atoms with Crippen LogP contribution in [0.15, 0.2) is 48.5 Å². The molecular formula is C25H29N3O4. The lowest BCUT2D eigenvalue weighted by Crippen LogP contribution is -2.41. The highest BCUT2D eigenvalue weighted by atomic mass is 16.5. The van der Waals surface area contributed by atoms with Crippen molar-refractivity contribution in [3.8, 4) is 5.75 Å². The Morgan fingerprint density at radius 2 is 1.69 bits per heavy atom. The number of likely N-dealkylation sites (tertiary alicyclic amines) is 1. The van der Waals surface area contributed by atoms with Crippen molar-refractivity contribution in [1.82, 2.24) is 4.90 Å². The van der Waals surface area contributed by atoms with E-state index in [1.165, 1.54) is 0 Å². The Morgan fingerprint density at radius 3 is 2.38 bits per heavy atom. The number of amides is 3. The molecule has 2 aromatic rings. The van der Waals surface area contributed by atoms with Crippen LogP contribution in [0, 0.1) is 5.92 Å². The summed E-state index contributed by atoms with van der Waals surface area (Å²) in [6.07, 6.45) is 3.77. The molecule has 7 heteroatoms. The van der Waals surface area contributed by atoms with E-state index < -0.39 is 0 Å². The molecule has 0 radical (unpaired) electrons. The molecular weight excluding hydrogens is 406 g/mol. The summed E-state index contributed by atoms with van der Waals surface area (Å²) in [5.41, 5.74) is 2.11. The maximum absolute atomic E-state index is 12.9. The van der Waals surface area contributed by atoms with Crippen LogP contribution in [-0.4, -0.2) is 49.4 Å². The van der Waals surface area contributed by atoms with Crippen LogP contribution < -0.4 is 15.0 Å². The number of nitrogens with zero attached hydrogens (tertiary/aromatic N) is 2. The van der Waals surface area contributed by atoms with Gasteiger partial charge in [0, 0.05) is 43.2 Å². The van der Waals surface area contributed by atoms with Crippen molar-refractivity contribution in [3.63, 3.8) is 0 Å². The molecule has 4 rings (SSSR count). The van der Waals surface area contributed by atoms with Crippen LogP contribution in [0.5, 0.6) is 5.75 Å². The topological polar surface area (TPSA) is 79.0 Å². The maximum Gasteiger partial charge on any atom is 0.253 e. The Kier molecular flexibility index (Phi) is 6.73. The number of hydrogen-bond donors (Lipinski definition) is 1. The van der Waals surface area contributed by atoms with Crippen molar-refractivity contribution in [2.45, 2.75) is 32.1 Å². The molecule has 0 aliphatic carbocycles. The second-order valence-corrected chi connectivity index (χ2v) is 8.31. The number of benzene rings is 2. The molecule has 2 aliphatic heterocycles. The van der Waals surface area contributed by atoms with Crippen molar-refractivity contribution in [2.24, 2.45) is 5.92 Å². The SMILES string of the molecule is COc1ccccc1NC(=O)C1CCN(C(=O)c2ccc(N3CCCCC3=O)cc2)CC1. The van der Waals surface area contributed by atoms with Crippen molar-refractivity contribution in [2.75, 3.05) is 37.0 Å². The first-order valence-corrected chi connectivity index (χ1v) is 11.2. The van der Waals surface area contributed by atoms with E-state index in [2.05, 4.69) is 5.32 Å². The van der Waals surface area contributed by atoms with Gasteiger partial charge in [-0.1, -0.05) is 12.1 Å². The zero-order valence-corrected chi connectivity index (χ0v) is 18.4. The molecule has 2 aliphatic rings. The number of ether oxygens (including phenoxy) is 1. The predicted molar refractivity (Wildman–Crippen MR) is 123 cm³/mol. The van der Waals surface area contributed by atoms with Gasteiger partial charge in [0.1, 0.15) is 5.75 Å². The van der Waals surface area contributed by atoms with E-state index >= 15 is 0 Å².